The molecule has 0 bridgehead atoms. The first-order valence-corrected chi connectivity index (χ1v) is 13.1. The van der Waals surface area contributed by atoms with Crippen LogP contribution in [0.25, 0.3) is 6.08 Å². The van der Waals surface area contributed by atoms with Crippen molar-refractivity contribution in [1.29, 1.82) is 0 Å². The zero-order valence-electron chi connectivity index (χ0n) is 18.4. The normalized spacial score (nSPS) is 22.3. The number of allylic oxidation sites excluding steroid dienone is 1. The predicted molar refractivity (Wildman–Crippen MR) is 140 cm³/mol. The molecule has 2 atom stereocenters. The molecule has 0 spiro atoms. The monoisotopic (exact) mass is 579 g/mol. The van der Waals surface area contributed by atoms with Gasteiger partial charge in [-0.1, -0.05) is 52.3 Å². The number of fused-ring (bicyclic) bond motifs is 3. The minimum absolute atomic E-state index is 0.0724. The molecule has 6 rings (SSSR count). The Kier molecular flexibility index (Phi) is 5.15. The van der Waals surface area contributed by atoms with Gasteiger partial charge < -0.3 is 15.5 Å². The van der Waals surface area contributed by atoms with Gasteiger partial charge in [0.05, 0.1) is 11.6 Å². The van der Waals surface area contributed by atoms with E-state index in [4.69, 9.17) is 0 Å². The third-order valence-corrected chi connectivity index (χ3v) is 8.69. The summed E-state index contributed by atoms with van der Waals surface area (Å²) in [5.74, 6) is -0.0565. The fourth-order valence-corrected chi connectivity index (χ4v) is 7.47. The Morgan fingerprint density at radius 3 is 2.62 bits per heavy atom. The van der Waals surface area contributed by atoms with E-state index < -0.39 is 11.3 Å². The van der Waals surface area contributed by atoms with Gasteiger partial charge in [0.15, 0.2) is 0 Å². The Morgan fingerprint density at radius 1 is 1.03 bits per heavy atom. The third kappa shape index (κ3) is 3.18. The Balaban J connectivity index is 1.57. The van der Waals surface area contributed by atoms with Gasteiger partial charge in [-0.2, -0.15) is 0 Å². The molecule has 4 nitrogen and oxygen atoms in total. The van der Waals surface area contributed by atoms with Crippen molar-refractivity contribution < 1.29 is 15.0 Å². The van der Waals surface area contributed by atoms with Crippen molar-refractivity contribution in [3.63, 3.8) is 0 Å². The molecule has 2 unspecified atom stereocenters. The molecule has 0 aromatic heterocycles. The molecular formula is C28H23Br2NO3. The Morgan fingerprint density at radius 2 is 1.79 bits per heavy atom. The van der Waals surface area contributed by atoms with Crippen LogP contribution in [0.15, 0.2) is 57.5 Å². The second kappa shape index (κ2) is 7.99. The third-order valence-electron chi connectivity index (χ3n) is 7.61. The fourth-order valence-electron chi connectivity index (χ4n) is 6.12. The number of aromatic hydroxyl groups is 2. The van der Waals surface area contributed by atoms with E-state index in [1.54, 1.807) is 6.07 Å². The van der Waals surface area contributed by atoms with Crippen molar-refractivity contribution in [3.05, 3.63) is 90.9 Å². The van der Waals surface area contributed by atoms with Crippen molar-refractivity contribution in [1.82, 2.24) is 0 Å². The van der Waals surface area contributed by atoms with E-state index in [1.165, 1.54) is 0 Å². The number of phenols is 2. The fraction of sp³-hybridized carbons (Fsp3) is 0.250. The van der Waals surface area contributed by atoms with Crippen LogP contribution in [-0.4, -0.2) is 16.1 Å². The van der Waals surface area contributed by atoms with Crippen LogP contribution in [-0.2, 0) is 29.5 Å². The summed E-state index contributed by atoms with van der Waals surface area (Å²) in [6, 6.07) is 13.8. The van der Waals surface area contributed by atoms with Gasteiger partial charge in [0.2, 0.25) is 5.91 Å². The van der Waals surface area contributed by atoms with Crippen LogP contribution in [0, 0.1) is 0 Å². The van der Waals surface area contributed by atoms with Crippen LogP contribution in [0.2, 0.25) is 0 Å². The minimum Gasteiger partial charge on any atom is -0.508 e. The smallest absolute Gasteiger partial charge is 0.233 e. The van der Waals surface area contributed by atoms with E-state index >= 15 is 0 Å². The van der Waals surface area contributed by atoms with Crippen LogP contribution in [0.4, 0.5) is 5.69 Å². The lowest BCUT2D eigenvalue weighted by molar-refractivity contribution is -0.118. The second-order valence-electron chi connectivity index (χ2n) is 9.48. The molecule has 3 aromatic rings. The number of carbonyl (C=O) groups excluding carboxylic acids is 1. The average molecular weight is 581 g/mol. The van der Waals surface area contributed by atoms with Crippen LogP contribution < -0.4 is 5.32 Å². The van der Waals surface area contributed by atoms with Crippen LogP contribution in [0.3, 0.4) is 0 Å². The molecule has 3 aromatic carbocycles. The lowest BCUT2D eigenvalue weighted by Gasteiger charge is -2.35. The SMILES string of the molecule is O=C1Nc2c(Br)cc(Br)cc2C1C1(Cc2cc(O)c3c(c2O)CCCC3)C=Cc2ccccc21. The summed E-state index contributed by atoms with van der Waals surface area (Å²) in [5, 5.41) is 25.2. The van der Waals surface area contributed by atoms with E-state index in [-0.39, 0.29) is 17.4 Å². The summed E-state index contributed by atoms with van der Waals surface area (Å²) in [5.41, 5.74) is 5.50. The zero-order chi connectivity index (χ0) is 23.6. The van der Waals surface area contributed by atoms with Gasteiger partial charge in [-0.25, -0.2) is 0 Å². The zero-order valence-corrected chi connectivity index (χ0v) is 21.5. The highest BCUT2D eigenvalue weighted by atomic mass is 79.9. The highest BCUT2D eigenvalue weighted by Crippen LogP contribution is 2.55. The molecular weight excluding hydrogens is 558 g/mol. The van der Waals surface area contributed by atoms with Gasteiger partial charge in [0.25, 0.3) is 0 Å². The maximum atomic E-state index is 13.6. The van der Waals surface area contributed by atoms with Crippen molar-refractivity contribution in [2.24, 2.45) is 0 Å². The average Bonchev–Trinajstić information content (AvgIpc) is 3.35. The molecule has 2 aliphatic carbocycles. The first kappa shape index (κ1) is 21.9. The number of carbonyl (C=O) groups is 1. The first-order chi connectivity index (χ1) is 16.4. The van der Waals surface area contributed by atoms with E-state index in [0.29, 0.717) is 12.0 Å². The van der Waals surface area contributed by atoms with Gasteiger partial charge in [-0.3, -0.25) is 4.79 Å². The molecule has 0 fully saturated rings. The van der Waals surface area contributed by atoms with Crippen LogP contribution in [0.1, 0.15) is 52.1 Å². The molecule has 1 heterocycles. The number of amides is 1. The summed E-state index contributed by atoms with van der Waals surface area (Å²) in [4.78, 5) is 13.6. The lowest BCUT2D eigenvalue weighted by Crippen LogP contribution is -2.37. The van der Waals surface area contributed by atoms with Crippen molar-refractivity contribution in [3.8, 4) is 11.5 Å². The van der Waals surface area contributed by atoms with E-state index in [2.05, 4.69) is 61.5 Å². The number of hydrogen-bond donors (Lipinski definition) is 3. The number of rotatable bonds is 3. The van der Waals surface area contributed by atoms with Gasteiger partial charge in [0.1, 0.15) is 11.5 Å². The molecule has 3 N–H and O–H groups in total. The Hall–Kier alpha value is -2.57. The molecule has 3 aliphatic rings. The minimum atomic E-state index is -0.709. The first-order valence-electron chi connectivity index (χ1n) is 11.5. The van der Waals surface area contributed by atoms with Gasteiger partial charge in [-0.15, -0.1) is 0 Å². The summed E-state index contributed by atoms with van der Waals surface area (Å²) in [7, 11) is 0. The number of nitrogens with one attached hydrogen (secondary N) is 1. The Labute approximate surface area is 215 Å². The van der Waals surface area contributed by atoms with Gasteiger partial charge in [0, 0.05) is 25.5 Å². The molecule has 0 saturated carbocycles. The van der Waals surface area contributed by atoms with Crippen LogP contribution >= 0.6 is 31.9 Å². The number of benzene rings is 3. The number of phenolic OH excluding ortho intramolecular Hbond substituents is 2. The summed E-state index contributed by atoms with van der Waals surface area (Å²) in [6.45, 7) is 0. The molecule has 6 heteroatoms. The maximum Gasteiger partial charge on any atom is 0.233 e. The summed E-state index contributed by atoms with van der Waals surface area (Å²) >= 11 is 7.19. The molecule has 34 heavy (non-hydrogen) atoms. The van der Waals surface area contributed by atoms with E-state index in [1.807, 2.05) is 24.3 Å². The highest BCUT2D eigenvalue weighted by molar-refractivity contribution is 9.11. The lowest BCUT2D eigenvalue weighted by atomic mass is 9.65. The van der Waals surface area contributed by atoms with Gasteiger partial charge >= 0.3 is 0 Å². The summed E-state index contributed by atoms with van der Waals surface area (Å²) < 4.78 is 1.71. The number of anilines is 1. The topological polar surface area (TPSA) is 69.6 Å². The maximum absolute atomic E-state index is 13.6. The molecule has 172 valence electrons. The number of halogens is 2. The second-order valence-corrected chi connectivity index (χ2v) is 11.2. The Bertz CT molecular complexity index is 1400. The van der Waals surface area contributed by atoms with E-state index in [9.17, 15) is 15.0 Å². The van der Waals surface area contributed by atoms with Crippen molar-refractivity contribution in [2.75, 3.05) is 5.32 Å². The molecule has 0 radical (unpaired) electrons. The highest BCUT2D eigenvalue weighted by Gasteiger charge is 2.51. The molecule has 1 aliphatic heterocycles. The molecule has 0 saturated heterocycles. The summed E-state index contributed by atoms with van der Waals surface area (Å²) in [6.07, 6.45) is 8.14. The largest absolute Gasteiger partial charge is 0.508 e. The standard InChI is InChI=1S/C28H23Br2NO3/c29-17-12-20-24(27(34)31-25(20)22(30)13-17)28(10-9-15-5-1-4-8-21(15)28)14-16-11-23(32)18-6-2-3-7-19(18)26(16)33/h1,4-5,8-13,24,32-33H,2-3,6-7,14H2,(H,31,34). The van der Waals surface area contributed by atoms with Crippen molar-refractivity contribution >= 4 is 49.5 Å². The molecule has 1 amide bonds. The van der Waals surface area contributed by atoms with Gasteiger partial charge in [-0.05, 0) is 88.5 Å². The van der Waals surface area contributed by atoms with Crippen LogP contribution in [0.5, 0.6) is 11.5 Å². The number of hydrogen-bond acceptors (Lipinski definition) is 3. The van der Waals surface area contributed by atoms with Crippen molar-refractivity contribution in [2.45, 2.75) is 43.4 Å². The van der Waals surface area contributed by atoms with E-state index in [0.717, 1.165) is 68.1 Å². The predicted octanol–water partition coefficient (Wildman–Crippen LogP) is 6.74. The quantitative estimate of drug-likeness (QED) is 0.300.